The fourth-order valence-electron chi connectivity index (χ4n) is 2.52. The molecule has 0 aromatic heterocycles. The van der Waals surface area contributed by atoms with Crippen LogP contribution in [0.2, 0.25) is 0 Å². The van der Waals surface area contributed by atoms with Gasteiger partial charge in [0.1, 0.15) is 5.82 Å². The summed E-state index contributed by atoms with van der Waals surface area (Å²) in [5, 5.41) is 5.08. The Balaban J connectivity index is 0.00000242. The summed E-state index contributed by atoms with van der Waals surface area (Å²) >= 11 is 0. The van der Waals surface area contributed by atoms with Crippen molar-refractivity contribution in [3.8, 4) is 0 Å². The van der Waals surface area contributed by atoms with Crippen molar-refractivity contribution in [3.63, 3.8) is 0 Å². The van der Waals surface area contributed by atoms with Gasteiger partial charge in [-0.2, -0.15) is 0 Å². The van der Waals surface area contributed by atoms with Gasteiger partial charge in [-0.25, -0.2) is 4.39 Å². The molecule has 1 fully saturated rings. The molecule has 122 valence electrons. The number of anilines is 1. The van der Waals surface area contributed by atoms with Gasteiger partial charge in [-0.15, -0.1) is 12.4 Å². The molecule has 0 heterocycles. The van der Waals surface area contributed by atoms with Gasteiger partial charge in [0.2, 0.25) is 11.8 Å². The second-order valence-corrected chi connectivity index (χ2v) is 5.46. The Labute approximate surface area is 135 Å². The number of nitrogens with two attached hydrogens (primary N) is 1. The van der Waals surface area contributed by atoms with Gasteiger partial charge in [-0.1, -0.05) is 25.3 Å². The van der Waals surface area contributed by atoms with Crippen molar-refractivity contribution in [3.05, 3.63) is 30.1 Å². The van der Waals surface area contributed by atoms with Crippen LogP contribution < -0.4 is 16.4 Å². The molecule has 2 amide bonds. The highest BCUT2D eigenvalue weighted by Crippen LogP contribution is 2.25. The molecule has 2 rings (SSSR count). The Hall–Kier alpha value is -1.66. The summed E-state index contributed by atoms with van der Waals surface area (Å²) in [6.45, 7) is -0.172. The molecule has 1 aliphatic carbocycles. The van der Waals surface area contributed by atoms with Gasteiger partial charge in [-0.3, -0.25) is 9.59 Å². The van der Waals surface area contributed by atoms with E-state index in [-0.39, 0.29) is 24.9 Å². The third kappa shape index (κ3) is 4.96. The van der Waals surface area contributed by atoms with E-state index in [0.717, 1.165) is 19.3 Å². The maximum atomic E-state index is 13.0. The first kappa shape index (κ1) is 18.4. The Kier molecular flexibility index (Phi) is 6.77. The van der Waals surface area contributed by atoms with Crippen molar-refractivity contribution in [2.75, 3.05) is 11.9 Å². The zero-order chi connectivity index (χ0) is 15.3. The Morgan fingerprint density at radius 1 is 1.23 bits per heavy atom. The molecule has 0 atom stereocenters. The van der Waals surface area contributed by atoms with Gasteiger partial charge < -0.3 is 16.4 Å². The van der Waals surface area contributed by atoms with E-state index in [2.05, 4.69) is 10.6 Å². The van der Waals surface area contributed by atoms with Crippen LogP contribution in [0.4, 0.5) is 10.1 Å². The van der Waals surface area contributed by atoms with Crippen molar-refractivity contribution >= 4 is 29.9 Å². The molecular formula is C15H21ClFN3O2. The van der Waals surface area contributed by atoms with Gasteiger partial charge in [-0.05, 0) is 31.0 Å². The maximum absolute atomic E-state index is 13.0. The molecule has 0 bridgehead atoms. The standard InChI is InChI=1S/C15H20FN3O2.ClH/c16-11-5-4-6-12(9-11)19-13(20)10-18-14(21)15(17)7-2-1-3-8-15;/h4-6,9H,1-3,7-8,10,17H2,(H,18,21)(H,19,20);1H. The normalized spacial score (nSPS) is 16.3. The maximum Gasteiger partial charge on any atom is 0.243 e. The number of carbonyl (C=O) groups is 2. The first-order valence-corrected chi connectivity index (χ1v) is 7.12. The van der Waals surface area contributed by atoms with E-state index in [1.165, 1.54) is 18.2 Å². The summed E-state index contributed by atoms with van der Waals surface area (Å²) in [5.74, 6) is -1.13. The minimum atomic E-state index is -0.864. The lowest BCUT2D eigenvalue weighted by Crippen LogP contribution is -2.56. The largest absolute Gasteiger partial charge is 0.345 e. The minimum absolute atomic E-state index is 0. The van der Waals surface area contributed by atoms with E-state index in [1.54, 1.807) is 6.07 Å². The van der Waals surface area contributed by atoms with Crippen LogP contribution in [0.5, 0.6) is 0 Å². The number of amides is 2. The van der Waals surface area contributed by atoms with E-state index in [9.17, 15) is 14.0 Å². The first-order chi connectivity index (χ1) is 9.99. The van der Waals surface area contributed by atoms with E-state index in [4.69, 9.17) is 5.73 Å². The average molecular weight is 330 g/mol. The molecule has 22 heavy (non-hydrogen) atoms. The summed E-state index contributed by atoms with van der Waals surface area (Å²) in [7, 11) is 0. The molecule has 1 aromatic carbocycles. The lowest BCUT2D eigenvalue weighted by Gasteiger charge is -2.31. The fourth-order valence-corrected chi connectivity index (χ4v) is 2.52. The second kappa shape index (κ2) is 8.10. The Morgan fingerprint density at radius 2 is 1.91 bits per heavy atom. The summed E-state index contributed by atoms with van der Waals surface area (Å²) < 4.78 is 13.0. The third-order valence-electron chi connectivity index (χ3n) is 3.72. The van der Waals surface area contributed by atoms with E-state index in [0.29, 0.717) is 18.5 Å². The number of hydrogen-bond acceptors (Lipinski definition) is 3. The Morgan fingerprint density at radius 3 is 2.55 bits per heavy atom. The first-order valence-electron chi connectivity index (χ1n) is 7.12. The molecule has 0 spiro atoms. The number of halogens is 2. The van der Waals surface area contributed by atoms with Gasteiger partial charge in [0, 0.05) is 5.69 Å². The highest BCUT2D eigenvalue weighted by molar-refractivity contribution is 5.96. The van der Waals surface area contributed by atoms with Gasteiger partial charge in [0.05, 0.1) is 12.1 Å². The number of nitrogens with one attached hydrogen (secondary N) is 2. The minimum Gasteiger partial charge on any atom is -0.345 e. The molecule has 5 nitrogen and oxygen atoms in total. The monoisotopic (exact) mass is 329 g/mol. The number of carbonyl (C=O) groups excluding carboxylic acids is 2. The third-order valence-corrected chi connectivity index (χ3v) is 3.72. The van der Waals surface area contributed by atoms with Crippen LogP contribution in [0.15, 0.2) is 24.3 Å². The topological polar surface area (TPSA) is 84.2 Å². The molecule has 4 N–H and O–H groups in total. The highest BCUT2D eigenvalue weighted by Gasteiger charge is 2.35. The number of hydrogen-bond donors (Lipinski definition) is 3. The lowest BCUT2D eigenvalue weighted by molar-refractivity contribution is -0.129. The SMILES string of the molecule is Cl.NC1(C(=O)NCC(=O)Nc2cccc(F)c2)CCCCC1. The molecule has 1 saturated carbocycles. The lowest BCUT2D eigenvalue weighted by atomic mass is 9.82. The van der Waals surface area contributed by atoms with Gasteiger partial charge in [0.15, 0.2) is 0 Å². The molecule has 1 aromatic rings. The molecule has 0 radical (unpaired) electrons. The quantitative estimate of drug-likeness (QED) is 0.789. The van der Waals surface area contributed by atoms with Crippen molar-refractivity contribution in [1.82, 2.24) is 5.32 Å². The predicted molar refractivity (Wildman–Crippen MR) is 85.3 cm³/mol. The molecule has 0 saturated heterocycles. The molecule has 0 aliphatic heterocycles. The second-order valence-electron chi connectivity index (χ2n) is 5.46. The predicted octanol–water partition coefficient (Wildman–Crippen LogP) is 1.96. The highest BCUT2D eigenvalue weighted by atomic mass is 35.5. The summed E-state index contributed by atoms with van der Waals surface area (Å²) in [5.41, 5.74) is 5.56. The zero-order valence-electron chi connectivity index (χ0n) is 12.2. The fraction of sp³-hybridized carbons (Fsp3) is 0.467. The van der Waals surface area contributed by atoms with Crippen LogP contribution in [0.25, 0.3) is 0 Å². The summed E-state index contributed by atoms with van der Waals surface area (Å²) in [6, 6.07) is 5.58. The van der Waals surface area contributed by atoms with E-state index < -0.39 is 17.3 Å². The molecule has 0 unspecified atom stereocenters. The smallest absolute Gasteiger partial charge is 0.243 e. The van der Waals surface area contributed by atoms with Crippen LogP contribution in [0.3, 0.4) is 0 Å². The van der Waals surface area contributed by atoms with Crippen LogP contribution >= 0.6 is 12.4 Å². The van der Waals surface area contributed by atoms with Crippen LogP contribution in [0.1, 0.15) is 32.1 Å². The zero-order valence-corrected chi connectivity index (χ0v) is 13.0. The van der Waals surface area contributed by atoms with Crippen molar-refractivity contribution in [2.24, 2.45) is 5.73 Å². The van der Waals surface area contributed by atoms with Crippen LogP contribution in [-0.4, -0.2) is 23.9 Å². The van der Waals surface area contributed by atoms with E-state index in [1.807, 2.05) is 0 Å². The van der Waals surface area contributed by atoms with Crippen molar-refractivity contribution in [1.29, 1.82) is 0 Å². The van der Waals surface area contributed by atoms with Gasteiger partial charge in [0.25, 0.3) is 0 Å². The Bertz CT molecular complexity index is 533. The van der Waals surface area contributed by atoms with Gasteiger partial charge >= 0.3 is 0 Å². The van der Waals surface area contributed by atoms with Crippen molar-refractivity contribution < 1.29 is 14.0 Å². The van der Waals surface area contributed by atoms with E-state index >= 15 is 0 Å². The summed E-state index contributed by atoms with van der Waals surface area (Å²) in [4.78, 5) is 23.8. The molecule has 7 heteroatoms. The molecular weight excluding hydrogens is 309 g/mol. The average Bonchev–Trinajstić information content (AvgIpc) is 2.45. The van der Waals surface area contributed by atoms with Crippen LogP contribution in [0, 0.1) is 5.82 Å². The van der Waals surface area contributed by atoms with Crippen LogP contribution in [-0.2, 0) is 9.59 Å². The van der Waals surface area contributed by atoms with Crippen molar-refractivity contribution in [2.45, 2.75) is 37.6 Å². The number of benzene rings is 1. The summed E-state index contributed by atoms with van der Waals surface area (Å²) in [6.07, 6.45) is 4.24. The number of rotatable bonds is 4. The molecule has 1 aliphatic rings.